The van der Waals surface area contributed by atoms with E-state index in [1.54, 1.807) is 4.68 Å². The van der Waals surface area contributed by atoms with E-state index in [4.69, 9.17) is 9.52 Å². The predicted molar refractivity (Wildman–Crippen MR) is 67.7 cm³/mol. The van der Waals surface area contributed by atoms with E-state index < -0.39 is 5.97 Å². The van der Waals surface area contributed by atoms with Crippen molar-refractivity contribution in [3.8, 4) is 0 Å². The molecule has 2 aromatic rings. The number of aromatic carboxylic acids is 1. The van der Waals surface area contributed by atoms with E-state index in [9.17, 15) is 4.79 Å². The number of hydrogen-bond acceptors (Lipinski definition) is 5. The van der Waals surface area contributed by atoms with Gasteiger partial charge in [-0.1, -0.05) is 5.21 Å². The second kappa shape index (κ2) is 4.78. The summed E-state index contributed by atoms with van der Waals surface area (Å²) in [5.74, 6) is -0.155. The molecule has 1 aliphatic rings. The van der Waals surface area contributed by atoms with E-state index in [0.29, 0.717) is 0 Å². The van der Waals surface area contributed by atoms with Crippen LogP contribution in [0.15, 0.2) is 27.4 Å². The predicted octanol–water partition coefficient (Wildman–Crippen LogP) is 1.39. The molecular formula is C11H11BrN4O3. The Bertz CT molecular complexity index is 603. The normalized spacial score (nSPS) is 16.5. The summed E-state index contributed by atoms with van der Waals surface area (Å²) in [5, 5.41) is 16.2. The van der Waals surface area contributed by atoms with Crippen LogP contribution in [-0.2, 0) is 6.54 Å². The molecule has 0 spiro atoms. The van der Waals surface area contributed by atoms with Crippen molar-refractivity contribution in [1.82, 2.24) is 19.9 Å². The Morgan fingerprint density at radius 3 is 2.89 bits per heavy atom. The zero-order valence-electron chi connectivity index (χ0n) is 9.86. The molecule has 2 aromatic heterocycles. The van der Waals surface area contributed by atoms with Gasteiger partial charge in [-0.15, -0.1) is 5.10 Å². The highest BCUT2D eigenvalue weighted by Gasteiger charge is 2.30. The summed E-state index contributed by atoms with van der Waals surface area (Å²) in [7, 11) is 0. The van der Waals surface area contributed by atoms with Crippen LogP contribution in [0.3, 0.4) is 0 Å². The molecule has 1 aliphatic heterocycles. The summed E-state index contributed by atoms with van der Waals surface area (Å²) in [6.45, 7) is 2.35. The van der Waals surface area contributed by atoms with Gasteiger partial charge in [0.2, 0.25) is 0 Å². The van der Waals surface area contributed by atoms with Crippen molar-refractivity contribution in [2.45, 2.75) is 12.6 Å². The fourth-order valence-corrected chi connectivity index (χ4v) is 2.39. The minimum absolute atomic E-state index is 0.0200. The number of furan rings is 1. The van der Waals surface area contributed by atoms with Gasteiger partial charge in [0.05, 0.1) is 18.8 Å². The molecule has 0 atom stereocenters. The van der Waals surface area contributed by atoms with Crippen LogP contribution in [0.5, 0.6) is 0 Å². The molecule has 0 amide bonds. The lowest BCUT2D eigenvalue weighted by Gasteiger charge is -2.38. The van der Waals surface area contributed by atoms with Crippen LogP contribution in [0.4, 0.5) is 0 Å². The van der Waals surface area contributed by atoms with E-state index in [-0.39, 0.29) is 11.7 Å². The van der Waals surface area contributed by atoms with Gasteiger partial charge < -0.3 is 9.52 Å². The van der Waals surface area contributed by atoms with Gasteiger partial charge in [-0.3, -0.25) is 4.90 Å². The molecule has 3 rings (SSSR count). The Labute approximate surface area is 116 Å². The fraction of sp³-hybridized carbons (Fsp3) is 0.364. The minimum Gasteiger partial charge on any atom is -0.476 e. The van der Waals surface area contributed by atoms with Crippen LogP contribution < -0.4 is 0 Å². The monoisotopic (exact) mass is 326 g/mol. The molecule has 1 fully saturated rings. The molecule has 19 heavy (non-hydrogen) atoms. The van der Waals surface area contributed by atoms with E-state index in [1.807, 2.05) is 12.1 Å². The Hall–Kier alpha value is -1.67. The smallest absolute Gasteiger partial charge is 0.358 e. The molecule has 0 aromatic carbocycles. The Kier molecular flexibility index (Phi) is 3.11. The lowest BCUT2D eigenvalue weighted by atomic mass is 10.1. The van der Waals surface area contributed by atoms with Gasteiger partial charge in [0.1, 0.15) is 5.76 Å². The number of halogens is 1. The van der Waals surface area contributed by atoms with Crippen molar-refractivity contribution < 1.29 is 14.3 Å². The highest BCUT2D eigenvalue weighted by Crippen LogP contribution is 2.24. The van der Waals surface area contributed by atoms with Crippen LogP contribution in [0.2, 0.25) is 0 Å². The average Bonchev–Trinajstić information content (AvgIpc) is 2.91. The van der Waals surface area contributed by atoms with E-state index in [2.05, 4.69) is 31.1 Å². The van der Waals surface area contributed by atoms with E-state index in [1.165, 1.54) is 6.20 Å². The van der Waals surface area contributed by atoms with Gasteiger partial charge >= 0.3 is 5.97 Å². The maximum Gasteiger partial charge on any atom is 0.358 e. The van der Waals surface area contributed by atoms with Crippen molar-refractivity contribution in [2.24, 2.45) is 0 Å². The van der Waals surface area contributed by atoms with E-state index >= 15 is 0 Å². The number of rotatable bonds is 4. The summed E-state index contributed by atoms with van der Waals surface area (Å²) in [5.41, 5.74) is -0.0200. The van der Waals surface area contributed by atoms with Gasteiger partial charge in [0.15, 0.2) is 10.4 Å². The summed E-state index contributed by atoms with van der Waals surface area (Å²) < 4.78 is 7.76. The minimum atomic E-state index is -1.05. The van der Waals surface area contributed by atoms with Crippen LogP contribution in [0.25, 0.3) is 0 Å². The van der Waals surface area contributed by atoms with Crippen LogP contribution in [0.1, 0.15) is 22.3 Å². The molecule has 7 nitrogen and oxygen atoms in total. The van der Waals surface area contributed by atoms with Gasteiger partial charge in [-0.2, -0.15) is 0 Å². The number of likely N-dealkylation sites (tertiary alicyclic amines) is 1. The first kappa shape index (κ1) is 12.4. The van der Waals surface area contributed by atoms with Crippen molar-refractivity contribution >= 4 is 21.9 Å². The van der Waals surface area contributed by atoms with Crippen molar-refractivity contribution in [1.29, 1.82) is 0 Å². The third-order valence-corrected chi connectivity index (χ3v) is 3.48. The molecule has 1 saturated heterocycles. The van der Waals surface area contributed by atoms with E-state index in [0.717, 1.165) is 30.1 Å². The molecule has 3 heterocycles. The molecule has 0 saturated carbocycles. The first-order valence-corrected chi connectivity index (χ1v) is 6.53. The average molecular weight is 327 g/mol. The zero-order chi connectivity index (χ0) is 13.4. The highest BCUT2D eigenvalue weighted by molar-refractivity contribution is 9.10. The van der Waals surface area contributed by atoms with Crippen LogP contribution >= 0.6 is 15.9 Å². The number of carbonyl (C=O) groups is 1. The lowest BCUT2D eigenvalue weighted by molar-refractivity contribution is 0.0689. The molecule has 0 aliphatic carbocycles. The molecule has 1 N–H and O–H groups in total. The standard InChI is InChI=1S/C11H11BrN4O3/c12-10-2-1-8(19-10)5-15-3-7(4-15)16-6-9(11(17)18)13-14-16/h1-2,6-7H,3-5H2,(H,17,18). The number of carboxylic acid groups (broad SMARTS) is 1. The Balaban J connectivity index is 1.55. The summed E-state index contributed by atoms with van der Waals surface area (Å²) >= 11 is 3.26. The van der Waals surface area contributed by atoms with Crippen molar-refractivity contribution in [3.63, 3.8) is 0 Å². The van der Waals surface area contributed by atoms with Gasteiger partial charge in [0, 0.05) is 13.1 Å². The number of carboxylic acids is 1. The first-order valence-electron chi connectivity index (χ1n) is 5.73. The largest absolute Gasteiger partial charge is 0.476 e. The maximum atomic E-state index is 10.7. The number of nitrogens with zero attached hydrogens (tertiary/aromatic N) is 4. The summed E-state index contributed by atoms with van der Waals surface area (Å²) in [6, 6.07) is 3.97. The maximum absolute atomic E-state index is 10.7. The van der Waals surface area contributed by atoms with Crippen LogP contribution in [-0.4, -0.2) is 44.1 Å². The van der Waals surface area contributed by atoms with Gasteiger partial charge in [-0.25, -0.2) is 9.48 Å². The first-order chi connectivity index (χ1) is 9.11. The summed E-state index contributed by atoms with van der Waals surface area (Å²) in [6.07, 6.45) is 1.47. The number of hydrogen-bond donors (Lipinski definition) is 1. The Morgan fingerprint density at radius 1 is 1.53 bits per heavy atom. The molecular weight excluding hydrogens is 316 g/mol. The molecule has 0 bridgehead atoms. The number of aromatic nitrogens is 3. The SMILES string of the molecule is O=C(O)c1cn(C2CN(Cc3ccc(Br)o3)C2)nn1. The molecule has 100 valence electrons. The molecule has 0 unspecified atom stereocenters. The highest BCUT2D eigenvalue weighted by atomic mass is 79.9. The second-order valence-electron chi connectivity index (χ2n) is 4.44. The third-order valence-electron chi connectivity index (χ3n) is 3.05. The van der Waals surface area contributed by atoms with Gasteiger partial charge in [0.25, 0.3) is 0 Å². The second-order valence-corrected chi connectivity index (χ2v) is 5.22. The topological polar surface area (TPSA) is 84.4 Å². The molecule has 0 radical (unpaired) electrons. The van der Waals surface area contributed by atoms with Crippen LogP contribution in [0, 0.1) is 0 Å². The van der Waals surface area contributed by atoms with Crippen molar-refractivity contribution in [2.75, 3.05) is 13.1 Å². The zero-order valence-corrected chi connectivity index (χ0v) is 11.4. The fourth-order valence-electron chi connectivity index (χ4n) is 2.05. The van der Waals surface area contributed by atoms with Crippen molar-refractivity contribution in [3.05, 3.63) is 34.5 Å². The van der Waals surface area contributed by atoms with Gasteiger partial charge in [-0.05, 0) is 28.1 Å². The lowest BCUT2D eigenvalue weighted by Crippen LogP contribution is -2.47. The quantitative estimate of drug-likeness (QED) is 0.913. The third kappa shape index (κ3) is 2.54. The summed E-state index contributed by atoms with van der Waals surface area (Å²) in [4.78, 5) is 12.9. The Morgan fingerprint density at radius 2 is 2.32 bits per heavy atom. The molecule has 8 heteroatoms.